The Morgan fingerprint density at radius 3 is 2.59 bits per heavy atom. The zero-order valence-electron chi connectivity index (χ0n) is 13.0. The fourth-order valence-corrected chi connectivity index (χ4v) is 2.32. The molecule has 0 fully saturated rings. The van der Waals surface area contributed by atoms with Crippen LogP contribution in [0, 0.1) is 0 Å². The van der Waals surface area contributed by atoms with Crippen LogP contribution in [0.4, 0.5) is 0 Å². The molecule has 0 unspecified atom stereocenters. The largest absolute Gasteiger partial charge is 0.497 e. The molecule has 22 heavy (non-hydrogen) atoms. The Morgan fingerprint density at radius 1 is 1.14 bits per heavy atom. The van der Waals surface area contributed by atoms with Crippen molar-refractivity contribution in [3.05, 3.63) is 48.5 Å². The molecule has 0 radical (unpaired) electrons. The Bertz CT molecular complexity index is 742. The van der Waals surface area contributed by atoms with Crippen molar-refractivity contribution in [1.82, 2.24) is 24.5 Å². The molecular weight excluding hydrogens is 278 g/mol. The maximum absolute atomic E-state index is 5.17. The van der Waals surface area contributed by atoms with E-state index in [4.69, 9.17) is 4.74 Å². The van der Waals surface area contributed by atoms with E-state index in [2.05, 4.69) is 29.0 Å². The number of hydrogen-bond donors (Lipinski definition) is 0. The molecule has 2 heterocycles. The molecule has 3 aromatic rings. The first-order chi connectivity index (χ1) is 10.7. The Balaban J connectivity index is 1.79. The summed E-state index contributed by atoms with van der Waals surface area (Å²) in [7, 11) is 1.67. The Morgan fingerprint density at radius 2 is 1.91 bits per heavy atom. The standard InChI is InChI=1S/C16H19N5O/c1-12(2)21-16(17-11-19-21)14-8-18-20(10-14)9-13-4-6-15(22-3)7-5-13/h4-8,10-12H,9H2,1-3H3. The van der Waals surface area contributed by atoms with Crippen LogP contribution in [0.2, 0.25) is 0 Å². The summed E-state index contributed by atoms with van der Waals surface area (Å²) in [5, 5.41) is 8.67. The third kappa shape index (κ3) is 2.86. The summed E-state index contributed by atoms with van der Waals surface area (Å²) in [6, 6.07) is 8.25. The van der Waals surface area contributed by atoms with Gasteiger partial charge in [-0.15, -0.1) is 0 Å². The first-order valence-electron chi connectivity index (χ1n) is 7.22. The number of hydrogen-bond acceptors (Lipinski definition) is 4. The SMILES string of the molecule is COc1ccc(Cn2cc(-c3ncnn3C(C)C)cn2)cc1. The van der Waals surface area contributed by atoms with Crippen LogP contribution in [0.3, 0.4) is 0 Å². The van der Waals surface area contributed by atoms with Gasteiger partial charge in [-0.25, -0.2) is 9.67 Å². The second kappa shape index (κ2) is 6.01. The molecule has 0 atom stereocenters. The molecule has 0 bridgehead atoms. The summed E-state index contributed by atoms with van der Waals surface area (Å²) < 4.78 is 8.96. The number of aromatic nitrogens is 5. The average Bonchev–Trinajstić information content (AvgIpc) is 3.16. The molecular formula is C16H19N5O. The van der Waals surface area contributed by atoms with Crippen LogP contribution in [0.5, 0.6) is 5.75 Å². The van der Waals surface area contributed by atoms with Crippen molar-refractivity contribution < 1.29 is 4.74 Å². The van der Waals surface area contributed by atoms with Gasteiger partial charge < -0.3 is 4.74 Å². The molecule has 3 rings (SSSR count). The summed E-state index contributed by atoms with van der Waals surface area (Å²) >= 11 is 0. The van der Waals surface area contributed by atoms with E-state index in [9.17, 15) is 0 Å². The lowest BCUT2D eigenvalue weighted by molar-refractivity contribution is 0.414. The van der Waals surface area contributed by atoms with Crippen LogP contribution in [0.1, 0.15) is 25.5 Å². The number of ether oxygens (including phenoxy) is 1. The van der Waals surface area contributed by atoms with Crippen molar-refractivity contribution in [3.8, 4) is 17.1 Å². The Labute approximate surface area is 129 Å². The first-order valence-corrected chi connectivity index (χ1v) is 7.22. The van der Waals surface area contributed by atoms with Crippen molar-refractivity contribution in [2.24, 2.45) is 0 Å². The zero-order chi connectivity index (χ0) is 15.5. The number of rotatable bonds is 5. The lowest BCUT2D eigenvalue weighted by Gasteiger charge is -2.07. The van der Waals surface area contributed by atoms with Crippen molar-refractivity contribution in [2.45, 2.75) is 26.4 Å². The van der Waals surface area contributed by atoms with Crippen LogP contribution >= 0.6 is 0 Å². The molecule has 2 aromatic heterocycles. The number of methoxy groups -OCH3 is 1. The lowest BCUT2D eigenvalue weighted by atomic mass is 10.2. The minimum absolute atomic E-state index is 0.266. The van der Waals surface area contributed by atoms with Gasteiger partial charge >= 0.3 is 0 Å². The highest BCUT2D eigenvalue weighted by Gasteiger charge is 2.12. The molecule has 0 aliphatic carbocycles. The topological polar surface area (TPSA) is 57.8 Å². The van der Waals surface area contributed by atoms with Gasteiger partial charge in [-0.2, -0.15) is 10.2 Å². The predicted molar refractivity (Wildman–Crippen MR) is 83.7 cm³/mol. The van der Waals surface area contributed by atoms with E-state index >= 15 is 0 Å². The molecule has 0 amide bonds. The number of benzene rings is 1. The highest BCUT2D eigenvalue weighted by molar-refractivity contribution is 5.52. The molecule has 114 valence electrons. The second-order valence-electron chi connectivity index (χ2n) is 5.40. The maximum Gasteiger partial charge on any atom is 0.161 e. The van der Waals surface area contributed by atoms with Gasteiger partial charge in [0.05, 0.1) is 25.4 Å². The van der Waals surface area contributed by atoms with Crippen molar-refractivity contribution in [1.29, 1.82) is 0 Å². The first kappa shape index (κ1) is 14.3. The van der Waals surface area contributed by atoms with E-state index in [0.29, 0.717) is 6.54 Å². The molecule has 0 aliphatic rings. The summed E-state index contributed by atoms with van der Waals surface area (Å²) in [5.41, 5.74) is 2.14. The quantitative estimate of drug-likeness (QED) is 0.726. The maximum atomic E-state index is 5.17. The van der Waals surface area contributed by atoms with Gasteiger partial charge in [-0.1, -0.05) is 12.1 Å². The van der Waals surface area contributed by atoms with Gasteiger partial charge in [0.2, 0.25) is 0 Å². The molecule has 0 saturated carbocycles. The lowest BCUT2D eigenvalue weighted by Crippen LogP contribution is -2.04. The molecule has 0 N–H and O–H groups in total. The highest BCUT2D eigenvalue weighted by Crippen LogP contribution is 2.19. The van der Waals surface area contributed by atoms with E-state index < -0.39 is 0 Å². The molecule has 6 heteroatoms. The van der Waals surface area contributed by atoms with E-state index in [1.54, 1.807) is 13.4 Å². The normalized spacial score (nSPS) is 11.1. The highest BCUT2D eigenvalue weighted by atomic mass is 16.5. The van der Waals surface area contributed by atoms with E-state index in [1.807, 2.05) is 46.0 Å². The average molecular weight is 297 g/mol. The van der Waals surface area contributed by atoms with Gasteiger partial charge in [0.1, 0.15) is 12.1 Å². The number of nitrogens with zero attached hydrogens (tertiary/aromatic N) is 5. The van der Waals surface area contributed by atoms with Crippen LogP contribution in [0.25, 0.3) is 11.4 Å². The zero-order valence-corrected chi connectivity index (χ0v) is 13.0. The fraction of sp³-hybridized carbons (Fsp3) is 0.312. The minimum Gasteiger partial charge on any atom is -0.497 e. The van der Waals surface area contributed by atoms with E-state index in [1.165, 1.54) is 5.56 Å². The Kier molecular flexibility index (Phi) is 3.91. The third-order valence-corrected chi connectivity index (χ3v) is 3.46. The summed E-state index contributed by atoms with van der Waals surface area (Å²) in [5.74, 6) is 1.70. The fourth-order valence-electron chi connectivity index (χ4n) is 2.32. The van der Waals surface area contributed by atoms with Gasteiger partial charge in [-0.05, 0) is 31.5 Å². The van der Waals surface area contributed by atoms with Gasteiger partial charge in [0.25, 0.3) is 0 Å². The van der Waals surface area contributed by atoms with Crippen molar-refractivity contribution in [3.63, 3.8) is 0 Å². The molecule has 0 aliphatic heterocycles. The van der Waals surface area contributed by atoms with Gasteiger partial charge in [0, 0.05) is 12.2 Å². The predicted octanol–water partition coefficient (Wildman–Crippen LogP) is 2.78. The van der Waals surface area contributed by atoms with Crippen molar-refractivity contribution >= 4 is 0 Å². The third-order valence-electron chi connectivity index (χ3n) is 3.46. The monoisotopic (exact) mass is 297 g/mol. The molecule has 1 aromatic carbocycles. The van der Waals surface area contributed by atoms with Crippen LogP contribution < -0.4 is 4.74 Å². The molecule has 0 spiro atoms. The van der Waals surface area contributed by atoms with Crippen LogP contribution in [0.15, 0.2) is 43.0 Å². The van der Waals surface area contributed by atoms with Gasteiger partial charge in [0.15, 0.2) is 5.82 Å². The Hall–Kier alpha value is -2.63. The second-order valence-corrected chi connectivity index (χ2v) is 5.40. The van der Waals surface area contributed by atoms with Crippen LogP contribution in [-0.2, 0) is 6.54 Å². The molecule has 6 nitrogen and oxygen atoms in total. The molecule has 0 saturated heterocycles. The van der Waals surface area contributed by atoms with Gasteiger partial charge in [-0.3, -0.25) is 4.68 Å². The van der Waals surface area contributed by atoms with Crippen LogP contribution in [-0.4, -0.2) is 31.7 Å². The summed E-state index contributed by atoms with van der Waals surface area (Å²) in [4.78, 5) is 4.33. The summed E-state index contributed by atoms with van der Waals surface area (Å²) in [6.45, 7) is 4.87. The smallest absolute Gasteiger partial charge is 0.161 e. The minimum atomic E-state index is 0.266. The van der Waals surface area contributed by atoms with E-state index in [0.717, 1.165) is 17.1 Å². The summed E-state index contributed by atoms with van der Waals surface area (Å²) in [6.07, 6.45) is 5.40. The van der Waals surface area contributed by atoms with Crippen molar-refractivity contribution in [2.75, 3.05) is 7.11 Å². The van der Waals surface area contributed by atoms with E-state index in [-0.39, 0.29) is 6.04 Å².